The maximum atomic E-state index is 13.7. The van der Waals surface area contributed by atoms with Crippen LogP contribution in [0.3, 0.4) is 0 Å². The second-order valence-corrected chi connectivity index (χ2v) is 9.07. The number of rotatable bonds is 5. The Hall–Kier alpha value is -2.91. The lowest BCUT2D eigenvalue weighted by Gasteiger charge is -2.42. The maximum Gasteiger partial charge on any atom is 0.194 e. The zero-order valence-electron chi connectivity index (χ0n) is 18.9. The minimum atomic E-state index is -1.62. The van der Waals surface area contributed by atoms with Crippen LogP contribution in [0.15, 0.2) is 24.7 Å². The molecule has 5 rings (SSSR count). The van der Waals surface area contributed by atoms with E-state index in [9.17, 15) is 33.6 Å². The van der Waals surface area contributed by atoms with Crippen molar-refractivity contribution in [3.63, 3.8) is 0 Å². The van der Waals surface area contributed by atoms with Gasteiger partial charge in [0.25, 0.3) is 0 Å². The molecule has 1 aliphatic carbocycles. The summed E-state index contributed by atoms with van der Waals surface area (Å²) in [7, 11) is 0. The van der Waals surface area contributed by atoms with Gasteiger partial charge in [0, 0.05) is 5.56 Å². The number of hydrogen-bond donors (Lipinski definition) is 4. The number of aliphatic hydroxyl groups excluding tert-OH is 4. The molecule has 11 nitrogen and oxygen atoms in total. The third-order valence-corrected chi connectivity index (χ3v) is 6.85. The summed E-state index contributed by atoms with van der Waals surface area (Å²) in [5, 5.41) is 54.4. The highest BCUT2D eigenvalue weighted by molar-refractivity contribution is 5.57. The molecule has 1 aromatic carbocycles. The molecule has 36 heavy (non-hydrogen) atoms. The van der Waals surface area contributed by atoms with Gasteiger partial charge < -0.3 is 25.2 Å². The van der Waals surface area contributed by atoms with Crippen molar-refractivity contribution in [2.24, 2.45) is 0 Å². The van der Waals surface area contributed by atoms with Gasteiger partial charge in [0.2, 0.25) is 0 Å². The molecular weight excluding hydrogens is 485 g/mol. The molecule has 2 fully saturated rings. The van der Waals surface area contributed by atoms with Crippen molar-refractivity contribution < 1.29 is 38.3 Å². The SMILES string of the molecule is OC[C@H]1O[C@@H](c2ncnn2[C@@H]2CCCC[C@H]2O)[C@H](O)[C@@H](n2cc(-c3cc(F)c(F)c(F)c3)nn2)[C@H]1O. The van der Waals surface area contributed by atoms with Gasteiger partial charge in [-0.25, -0.2) is 27.5 Å². The molecular formula is C22H25F3N6O5. The number of benzene rings is 1. The standard InChI is InChI=1S/C22H25F3N6O5/c23-11-5-10(6-12(24)17(11)25)13-7-30(29-28-13)18-19(34)16(8-32)36-21(20(18)35)22-26-9-27-31(22)14-3-1-2-4-15(14)33/h5-7,9,14-16,18-21,32-35H,1-4,8H2/t14-,15-,16-,18+,19+,20-,21-/m1/s1. The van der Waals surface area contributed by atoms with Crippen molar-refractivity contribution in [3.8, 4) is 11.3 Å². The normalized spacial score (nSPS) is 31.0. The molecule has 194 valence electrons. The predicted octanol–water partition coefficient (Wildman–Crippen LogP) is 0.825. The van der Waals surface area contributed by atoms with Crippen LogP contribution < -0.4 is 0 Å². The van der Waals surface area contributed by atoms with Crippen LogP contribution in [0.25, 0.3) is 11.3 Å². The summed E-state index contributed by atoms with van der Waals surface area (Å²) in [6.07, 6.45) is -0.414. The summed E-state index contributed by atoms with van der Waals surface area (Å²) in [6, 6.07) is -0.0909. The average molecular weight is 510 g/mol. The minimum Gasteiger partial charge on any atom is -0.394 e. The third kappa shape index (κ3) is 4.28. The van der Waals surface area contributed by atoms with Crippen molar-refractivity contribution in [2.45, 2.75) is 68.3 Å². The van der Waals surface area contributed by atoms with Crippen LogP contribution in [0, 0.1) is 17.5 Å². The first-order valence-electron chi connectivity index (χ1n) is 11.6. The number of hydrogen-bond acceptors (Lipinski definition) is 9. The molecule has 0 amide bonds. The van der Waals surface area contributed by atoms with E-state index in [0.717, 1.165) is 29.7 Å². The van der Waals surface area contributed by atoms with Gasteiger partial charge in [0.1, 0.15) is 42.5 Å². The van der Waals surface area contributed by atoms with Gasteiger partial charge in [0.05, 0.1) is 24.9 Å². The topological polar surface area (TPSA) is 152 Å². The Morgan fingerprint density at radius 1 is 1.03 bits per heavy atom. The highest BCUT2D eigenvalue weighted by atomic mass is 19.2. The van der Waals surface area contributed by atoms with Crippen LogP contribution in [0.1, 0.15) is 49.7 Å². The van der Waals surface area contributed by atoms with E-state index in [0.29, 0.717) is 12.8 Å². The zero-order valence-corrected chi connectivity index (χ0v) is 18.9. The Labute approximate surface area is 202 Å². The predicted molar refractivity (Wildman–Crippen MR) is 115 cm³/mol. The maximum absolute atomic E-state index is 13.7. The first kappa shape index (κ1) is 24.8. The van der Waals surface area contributed by atoms with E-state index in [1.807, 2.05) is 0 Å². The summed E-state index contributed by atoms with van der Waals surface area (Å²) in [6.45, 7) is -0.600. The highest BCUT2D eigenvalue weighted by Gasteiger charge is 2.48. The Morgan fingerprint density at radius 3 is 2.44 bits per heavy atom. The number of ether oxygens (including phenoxy) is 1. The lowest BCUT2D eigenvalue weighted by molar-refractivity contribution is -0.211. The van der Waals surface area contributed by atoms with E-state index < -0.39 is 60.6 Å². The van der Waals surface area contributed by atoms with Gasteiger partial charge in [-0.3, -0.25) is 0 Å². The molecule has 14 heteroatoms. The van der Waals surface area contributed by atoms with Gasteiger partial charge in [-0.05, 0) is 25.0 Å². The van der Waals surface area contributed by atoms with Gasteiger partial charge in [-0.2, -0.15) is 5.10 Å². The molecule has 1 saturated carbocycles. The average Bonchev–Trinajstić information content (AvgIpc) is 3.53. The van der Waals surface area contributed by atoms with Crippen LogP contribution >= 0.6 is 0 Å². The second-order valence-electron chi connectivity index (χ2n) is 9.07. The molecule has 4 N–H and O–H groups in total. The smallest absolute Gasteiger partial charge is 0.194 e. The van der Waals surface area contributed by atoms with Gasteiger partial charge >= 0.3 is 0 Å². The lowest BCUT2D eigenvalue weighted by Crippen LogP contribution is -2.53. The molecule has 3 heterocycles. The van der Waals surface area contributed by atoms with E-state index in [1.165, 1.54) is 17.2 Å². The molecule has 1 saturated heterocycles. The molecule has 0 spiro atoms. The van der Waals surface area contributed by atoms with Gasteiger partial charge in [0.15, 0.2) is 23.3 Å². The summed E-state index contributed by atoms with van der Waals surface area (Å²) in [5.41, 5.74) is -0.140. The molecule has 0 bridgehead atoms. The highest BCUT2D eigenvalue weighted by Crippen LogP contribution is 2.39. The van der Waals surface area contributed by atoms with Crippen molar-refractivity contribution in [1.82, 2.24) is 29.8 Å². The molecule has 2 aromatic heterocycles. The summed E-state index contributed by atoms with van der Waals surface area (Å²) in [4.78, 5) is 4.23. The van der Waals surface area contributed by atoms with E-state index >= 15 is 0 Å². The quantitative estimate of drug-likeness (QED) is 0.366. The van der Waals surface area contributed by atoms with E-state index in [1.54, 1.807) is 0 Å². The van der Waals surface area contributed by atoms with Crippen molar-refractivity contribution >= 4 is 0 Å². The van der Waals surface area contributed by atoms with Crippen LogP contribution in [-0.2, 0) is 4.74 Å². The fourth-order valence-corrected chi connectivity index (χ4v) is 4.98. The van der Waals surface area contributed by atoms with E-state index in [-0.39, 0.29) is 23.1 Å². The molecule has 0 unspecified atom stereocenters. The minimum absolute atomic E-state index is 0.0377. The number of aliphatic hydroxyl groups is 4. The summed E-state index contributed by atoms with van der Waals surface area (Å²) < 4.78 is 49.2. The zero-order chi connectivity index (χ0) is 25.6. The molecule has 0 radical (unpaired) electrons. The Kier molecular flexibility index (Phi) is 6.78. The Balaban J connectivity index is 1.48. The Bertz CT molecular complexity index is 1200. The monoisotopic (exact) mass is 510 g/mol. The number of halogens is 3. The van der Waals surface area contributed by atoms with Crippen LogP contribution in [-0.4, -0.2) is 81.2 Å². The Morgan fingerprint density at radius 2 is 1.75 bits per heavy atom. The van der Waals surface area contributed by atoms with Crippen molar-refractivity contribution in [3.05, 3.63) is 47.9 Å². The first-order chi connectivity index (χ1) is 17.3. The molecule has 2 aliphatic rings. The van der Waals surface area contributed by atoms with Crippen molar-refractivity contribution in [2.75, 3.05) is 6.61 Å². The van der Waals surface area contributed by atoms with Crippen LogP contribution in [0.4, 0.5) is 13.2 Å². The summed E-state index contributed by atoms with van der Waals surface area (Å²) >= 11 is 0. The fourth-order valence-electron chi connectivity index (χ4n) is 4.98. The lowest BCUT2D eigenvalue weighted by atomic mass is 9.90. The first-order valence-corrected chi connectivity index (χ1v) is 11.6. The van der Waals surface area contributed by atoms with E-state index in [4.69, 9.17) is 4.74 Å². The second kappa shape index (κ2) is 9.86. The molecule has 7 atom stereocenters. The van der Waals surface area contributed by atoms with Gasteiger partial charge in [-0.1, -0.05) is 18.1 Å². The van der Waals surface area contributed by atoms with E-state index in [2.05, 4.69) is 20.4 Å². The molecule has 1 aliphatic heterocycles. The molecule has 3 aromatic rings. The largest absolute Gasteiger partial charge is 0.394 e. The third-order valence-electron chi connectivity index (χ3n) is 6.85. The van der Waals surface area contributed by atoms with Crippen molar-refractivity contribution in [1.29, 1.82) is 0 Å². The van der Waals surface area contributed by atoms with Crippen LogP contribution in [0.2, 0.25) is 0 Å². The number of nitrogens with zero attached hydrogens (tertiary/aromatic N) is 6. The number of aromatic nitrogens is 6. The summed E-state index contributed by atoms with van der Waals surface area (Å²) in [5.74, 6) is -4.24. The van der Waals surface area contributed by atoms with Gasteiger partial charge in [-0.15, -0.1) is 5.10 Å². The fraction of sp³-hybridized carbons (Fsp3) is 0.545. The van der Waals surface area contributed by atoms with Crippen LogP contribution in [0.5, 0.6) is 0 Å².